The maximum atomic E-state index is 11.8. The van der Waals surface area contributed by atoms with Crippen LogP contribution in [-0.4, -0.2) is 32.7 Å². The Morgan fingerprint density at radius 2 is 1.28 bits per heavy atom. The second kappa shape index (κ2) is 9.47. The molecule has 0 spiro atoms. The van der Waals surface area contributed by atoms with Crippen LogP contribution in [0.5, 0.6) is 0 Å². The van der Waals surface area contributed by atoms with E-state index in [-0.39, 0.29) is 5.75 Å². The van der Waals surface area contributed by atoms with Gasteiger partial charge in [-0.25, -0.2) is 8.42 Å². The van der Waals surface area contributed by atoms with Crippen LogP contribution in [0.1, 0.15) is 11.1 Å². The van der Waals surface area contributed by atoms with Gasteiger partial charge >= 0.3 is 0 Å². The minimum atomic E-state index is -3.19. The molecule has 0 N–H and O–H groups in total. The van der Waals surface area contributed by atoms with E-state index in [0.29, 0.717) is 6.16 Å². The molecule has 0 saturated heterocycles. The van der Waals surface area contributed by atoms with E-state index in [4.69, 9.17) is 11.8 Å². The van der Waals surface area contributed by atoms with Gasteiger partial charge in [0.15, 0.2) is 9.84 Å². The summed E-state index contributed by atoms with van der Waals surface area (Å²) in [6, 6.07) is 18.8. The third-order valence-electron chi connectivity index (χ3n) is 4.34. The Morgan fingerprint density at radius 3 is 1.68 bits per heavy atom. The van der Waals surface area contributed by atoms with E-state index in [2.05, 4.69) is 30.8 Å². The maximum absolute atomic E-state index is 11.8. The lowest BCUT2D eigenvalue weighted by atomic mass is 10.2. The van der Waals surface area contributed by atoms with Gasteiger partial charge in [0.1, 0.15) is 0 Å². The largest absolute Gasteiger partial charge is 0.224 e. The predicted octanol–water partition coefficient (Wildman–Crippen LogP) is 4.51. The van der Waals surface area contributed by atoms with Crippen LogP contribution in [0.3, 0.4) is 0 Å². The lowest BCUT2D eigenvalue weighted by molar-refractivity contribution is 0.606. The molecule has 5 heteroatoms. The lowest BCUT2D eigenvalue weighted by Gasteiger charge is -2.22. The molecule has 0 fully saturated rings. The smallest absolute Gasteiger partial charge is 0.171 e. The van der Waals surface area contributed by atoms with Crippen LogP contribution in [0.4, 0.5) is 0 Å². The Balaban J connectivity index is 2.06. The van der Waals surface area contributed by atoms with Crippen molar-refractivity contribution in [3.8, 4) is 0 Å². The molecule has 0 radical (unpaired) electrons. The quantitative estimate of drug-likeness (QED) is 0.558. The Kier molecular flexibility index (Phi) is 7.61. The second-order valence-corrected chi connectivity index (χ2v) is 14.1. The first-order chi connectivity index (χ1) is 11.9. The standard InChI is InChI=1S/C20H25O2PS2/c1-2-25(21,22)18-17-23(24,15-13-19-9-5-3-6-10-19)16-14-20-11-7-4-8-12-20/h2-12H,1,13-18H2. The van der Waals surface area contributed by atoms with E-state index in [1.54, 1.807) is 0 Å². The van der Waals surface area contributed by atoms with Crippen LogP contribution >= 0.6 is 6.04 Å². The van der Waals surface area contributed by atoms with Crippen LogP contribution < -0.4 is 0 Å². The molecule has 2 aromatic carbocycles. The molecule has 25 heavy (non-hydrogen) atoms. The Labute approximate surface area is 156 Å². The molecule has 0 unspecified atom stereocenters. The normalized spacial score (nSPS) is 12.0. The Morgan fingerprint density at radius 1 is 0.840 bits per heavy atom. The number of sulfone groups is 1. The summed E-state index contributed by atoms with van der Waals surface area (Å²) in [5.41, 5.74) is 2.53. The molecule has 0 heterocycles. The highest BCUT2D eigenvalue weighted by Gasteiger charge is 2.20. The zero-order chi connectivity index (χ0) is 18.2. The first-order valence-corrected chi connectivity index (χ1v) is 13.5. The van der Waals surface area contributed by atoms with Gasteiger partial charge in [-0.05, 0) is 48.5 Å². The van der Waals surface area contributed by atoms with Crippen molar-refractivity contribution < 1.29 is 8.42 Å². The van der Waals surface area contributed by atoms with E-state index in [9.17, 15) is 8.42 Å². The molecule has 2 rings (SSSR count). The fraction of sp³-hybridized carbons (Fsp3) is 0.300. The number of rotatable bonds is 10. The first-order valence-electron chi connectivity index (χ1n) is 8.43. The van der Waals surface area contributed by atoms with Gasteiger partial charge in [-0.3, -0.25) is 0 Å². The SMILES string of the molecule is C=CS(=O)(=O)CCP(=S)(CCc1ccccc1)CCc1ccccc1. The molecule has 0 aliphatic carbocycles. The number of benzene rings is 2. The van der Waals surface area contributed by atoms with Gasteiger partial charge in [-0.15, -0.1) is 0 Å². The van der Waals surface area contributed by atoms with E-state index >= 15 is 0 Å². The maximum Gasteiger partial charge on any atom is 0.171 e. The number of hydrogen-bond acceptors (Lipinski definition) is 3. The highest BCUT2D eigenvalue weighted by Crippen LogP contribution is 2.47. The van der Waals surface area contributed by atoms with Crippen LogP contribution in [0.15, 0.2) is 72.7 Å². The summed E-state index contributed by atoms with van der Waals surface area (Å²) < 4.78 is 23.7. The summed E-state index contributed by atoms with van der Waals surface area (Å²) >= 11 is 6.03. The average molecular weight is 393 g/mol. The van der Waals surface area contributed by atoms with Gasteiger partial charge in [-0.2, -0.15) is 0 Å². The minimum absolute atomic E-state index is 0.122. The summed E-state index contributed by atoms with van der Waals surface area (Å²) in [4.78, 5) is 0. The molecule has 0 aromatic heterocycles. The summed E-state index contributed by atoms with van der Waals surface area (Å²) in [6.45, 7) is 3.41. The minimum Gasteiger partial charge on any atom is -0.224 e. The van der Waals surface area contributed by atoms with Gasteiger partial charge in [0.2, 0.25) is 0 Å². The molecule has 0 bridgehead atoms. The molecule has 0 aliphatic rings. The van der Waals surface area contributed by atoms with E-state index in [1.807, 2.05) is 36.4 Å². The van der Waals surface area contributed by atoms with Crippen molar-refractivity contribution in [1.82, 2.24) is 0 Å². The molecular weight excluding hydrogens is 367 g/mol. The third-order valence-corrected chi connectivity index (χ3v) is 10.7. The molecule has 2 aromatic rings. The molecule has 2 nitrogen and oxygen atoms in total. The summed E-state index contributed by atoms with van der Waals surface area (Å²) in [5.74, 6) is 0.122. The molecule has 134 valence electrons. The van der Waals surface area contributed by atoms with Crippen molar-refractivity contribution in [1.29, 1.82) is 0 Å². The summed E-state index contributed by atoms with van der Waals surface area (Å²) in [6.07, 6.45) is 4.25. The zero-order valence-corrected chi connectivity index (χ0v) is 16.9. The van der Waals surface area contributed by atoms with Crippen molar-refractivity contribution in [2.45, 2.75) is 12.8 Å². The van der Waals surface area contributed by atoms with Crippen molar-refractivity contribution in [3.05, 3.63) is 83.8 Å². The van der Waals surface area contributed by atoms with Crippen LogP contribution in [0, 0.1) is 0 Å². The first kappa shape index (κ1) is 20.1. The highest BCUT2D eigenvalue weighted by molar-refractivity contribution is 8.15. The average Bonchev–Trinajstić information content (AvgIpc) is 2.65. The topological polar surface area (TPSA) is 34.1 Å². The van der Waals surface area contributed by atoms with Gasteiger partial charge in [0.25, 0.3) is 0 Å². The zero-order valence-electron chi connectivity index (χ0n) is 14.4. The van der Waals surface area contributed by atoms with Crippen molar-refractivity contribution >= 4 is 27.7 Å². The Hall–Kier alpha value is -1.22. The van der Waals surface area contributed by atoms with E-state index < -0.39 is 15.9 Å². The van der Waals surface area contributed by atoms with Crippen LogP contribution in [0.2, 0.25) is 0 Å². The lowest BCUT2D eigenvalue weighted by Crippen LogP contribution is -2.12. The molecule has 0 amide bonds. The van der Waals surface area contributed by atoms with E-state index in [0.717, 1.165) is 30.6 Å². The van der Waals surface area contributed by atoms with Crippen molar-refractivity contribution in [2.75, 3.05) is 24.2 Å². The molecule has 0 atom stereocenters. The van der Waals surface area contributed by atoms with Gasteiger partial charge in [0, 0.05) is 5.41 Å². The van der Waals surface area contributed by atoms with E-state index in [1.165, 1.54) is 11.1 Å². The van der Waals surface area contributed by atoms with Gasteiger partial charge in [-0.1, -0.05) is 79.0 Å². The molecule has 0 saturated carbocycles. The molecular formula is C20H25O2PS2. The number of hydrogen-bond donors (Lipinski definition) is 0. The predicted molar refractivity (Wildman–Crippen MR) is 113 cm³/mol. The van der Waals surface area contributed by atoms with Gasteiger partial charge in [0.05, 0.1) is 5.75 Å². The number of aryl methyl sites for hydroxylation is 2. The van der Waals surface area contributed by atoms with Crippen molar-refractivity contribution in [2.24, 2.45) is 0 Å². The monoisotopic (exact) mass is 392 g/mol. The fourth-order valence-electron chi connectivity index (χ4n) is 2.67. The Bertz CT molecular complexity index is 768. The van der Waals surface area contributed by atoms with Crippen molar-refractivity contribution in [3.63, 3.8) is 0 Å². The third kappa shape index (κ3) is 7.27. The fourth-order valence-corrected chi connectivity index (χ4v) is 8.40. The summed E-state index contributed by atoms with van der Waals surface area (Å²) in [5, 5.41) is 1.06. The summed E-state index contributed by atoms with van der Waals surface area (Å²) in [7, 11) is -3.19. The van der Waals surface area contributed by atoms with Crippen LogP contribution in [-0.2, 0) is 34.5 Å². The highest BCUT2D eigenvalue weighted by atomic mass is 32.4. The molecule has 0 aliphatic heterocycles. The second-order valence-electron chi connectivity index (χ2n) is 6.23. The van der Waals surface area contributed by atoms with Crippen LogP contribution in [0.25, 0.3) is 0 Å². The van der Waals surface area contributed by atoms with Gasteiger partial charge < -0.3 is 0 Å².